The molecule has 1 heterocycles. The highest BCUT2D eigenvalue weighted by Gasteiger charge is 2.46. The Hall–Kier alpha value is -3.35. The maximum absolute atomic E-state index is 13.3. The molecule has 0 spiro atoms. The highest BCUT2D eigenvalue weighted by atomic mass is 16.5. The van der Waals surface area contributed by atoms with Gasteiger partial charge in [0.25, 0.3) is 0 Å². The van der Waals surface area contributed by atoms with Crippen LogP contribution in [0, 0.1) is 0 Å². The van der Waals surface area contributed by atoms with Gasteiger partial charge in [-0.25, -0.2) is 4.79 Å². The number of hydrogen-bond acceptors (Lipinski definition) is 10. The van der Waals surface area contributed by atoms with Gasteiger partial charge in [0.1, 0.15) is 30.5 Å². The van der Waals surface area contributed by atoms with Crippen LogP contribution in [0.15, 0.2) is 24.3 Å². The summed E-state index contributed by atoms with van der Waals surface area (Å²) in [5.74, 6) is -5.55. The van der Waals surface area contributed by atoms with Crippen LogP contribution < -0.4 is 10.2 Å². The number of carbonyl (C=O) groups excluding carboxylic acids is 2. The zero-order chi connectivity index (χ0) is 23.5. The van der Waals surface area contributed by atoms with Gasteiger partial charge in [-0.3, -0.25) is 9.59 Å². The van der Waals surface area contributed by atoms with E-state index in [0.717, 1.165) is 18.2 Å². The van der Waals surface area contributed by atoms with E-state index in [1.807, 2.05) is 0 Å². The predicted molar refractivity (Wildman–Crippen MR) is 98.3 cm³/mol. The average Bonchev–Trinajstić information content (AvgIpc) is 2.75. The molecule has 4 rings (SSSR count). The lowest BCUT2D eigenvalue weighted by atomic mass is 9.78. The third kappa shape index (κ3) is 3.06. The average molecular weight is 444 g/mol. The van der Waals surface area contributed by atoms with Gasteiger partial charge in [0.2, 0.25) is 0 Å². The number of carboxylic acid groups (broad SMARTS) is 1. The highest BCUT2D eigenvalue weighted by molar-refractivity contribution is 6.31. The van der Waals surface area contributed by atoms with E-state index in [4.69, 9.17) is 4.74 Å². The molecule has 32 heavy (non-hydrogen) atoms. The molecule has 0 saturated carbocycles. The van der Waals surface area contributed by atoms with Crippen LogP contribution in [0.25, 0.3) is 0 Å². The molecule has 0 bridgehead atoms. The van der Waals surface area contributed by atoms with Gasteiger partial charge in [0.15, 0.2) is 11.6 Å². The number of aromatic carboxylic acids is 1. The number of hydrogen-bond donors (Lipinski definition) is 5. The summed E-state index contributed by atoms with van der Waals surface area (Å²) in [6.45, 7) is -0.750. The Morgan fingerprint density at radius 1 is 0.906 bits per heavy atom. The van der Waals surface area contributed by atoms with E-state index < -0.39 is 94.0 Å². The van der Waals surface area contributed by atoms with Gasteiger partial charge in [-0.1, -0.05) is 29.7 Å². The minimum Gasteiger partial charge on any atom is -0.872 e. The second-order valence-electron chi connectivity index (χ2n) is 7.51. The van der Waals surface area contributed by atoms with Crippen molar-refractivity contribution in [3.05, 3.63) is 57.6 Å². The number of fused-ring (bicyclic) bond motifs is 2. The van der Waals surface area contributed by atoms with Gasteiger partial charge in [0.05, 0.1) is 12.2 Å². The number of aliphatic hydroxyl groups is 4. The van der Waals surface area contributed by atoms with Gasteiger partial charge in [0, 0.05) is 22.3 Å². The maximum Gasteiger partial charge on any atom is 0.335 e. The number of aliphatic hydroxyl groups excluding tert-OH is 4. The SMILES string of the molecule is O=C(O)c1cc([O-])c2c(c1)C(=O)c1c(C3OC(CO)C(O)C(O)C3O)ccc([O-])c1C2=O. The van der Waals surface area contributed by atoms with E-state index in [9.17, 15) is 50.1 Å². The summed E-state index contributed by atoms with van der Waals surface area (Å²) in [6.07, 6.45) is -8.14. The third-order valence-corrected chi connectivity index (χ3v) is 5.67. The van der Waals surface area contributed by atoms with Gasteiger partial charge >= 0.3 is 5.97 Å². The summed E-state index contributed by atoms with van der Waals surface area (Å²) in [4.78, 5) is 37.6. The second kappa shape index (κ2) is 7.65. The number of carbonyl (C=O) groups is 3. The zero-order valence-electron chi connectivity index (χ0n) is 16.1. The van der Waals surface area contributed by atoms with Crippen LogP contribution in [0.3, 0.4) is 0 Å². The molecule has 2 aliphatic rings. The van der Waals surface area contributed by atoms with E-state index >= 15 is 0 Å². The Morgan fingerprint density at radius 2 is 1.59 bits per heavy atom. The van der Waals surface area contributed by atoms with E-state index in [1.165, 1.54) is 0 Å². The van der Waals surface area contributed by atoms with Gasteiger partial charge < -0.3 is 40.5 Å². The number of rotatable bonds is 3. The highest BCUT2D eigenvalue weighted by Crippen LogP contribution is 2.42. The van der Waals surface area contributed by atoms with Crippen molar-refractivity contribution >= 4 is 17.5 Å². The molecular formula is C21H16O11-2. The first-order valence-corrected chi connectivity index (χ1v) is 9.40. The fraction of sp³-hybridized carbons (Fsp3) is 0.286. The van der Waals surface area contributed by atoms with Crippen LogP contribution in [-0.4, -0.2) is 74.1 Å². The Labute approximate surface area is 179 Å². The largest absolute Gasteiger partial charge is 0.872 e. The molecule has 1 aliphatic carbocycles. The maximum atomic E-state index is 13.3. The summed E-state index contributed by atoms with van der Waals surface area (Å²) >= 11 is 0. The third-order valence-electron chi connectivity index (χ3n) is 5.67. The van der Waals surface area contributed by atoms with E-state index in [0.29, 0.717) is 6.07 Å². The van der Waals surface area contributed by atoms with E-state index in [1.54, 1.807) is 0 Å². The first kappa shape index (κ1) is 21.9. The molecule has 1 fully saturated rings. The molecule has 5 atom stereocenters. The molecular weight excluding hydrogens is 428 g/mol. The molecule has 0 aromatic heterocycles. The fourth-order valence-electron chi connectivity index (χ4n) is 4.08. The molecule has 0 amide bonds. The molecule has 0 radical (unpaired) electrons. The smallest absolute Gasteiger partial charge is 0.335 e. The topological polar surface area (TPSA) is 208 Å². The van der Waals surface area contributed by atoms with Crippen molar-refractivity contribution in [3.63, 3.8) is 0 Å². The lowest BCUT2D eigenvalue weighted by Crippen LogP contribution is -2.55. The molecule has 2 aromatic carbocycles. The van der Waals surface area contributed by atoms with E-state index in [2.05, 4.69) is 0 Å². The van der Waals surface area contributed by atoms with Crippen molar-refractivity contribution in [1.29, 1.82) is 0 Å². The van der Waals surface area contributed by atoms with Crippen LogP contribution >= 0.6 is 0 Å². The van der Waals surface area contributed by atoms with Gasteiger partial charge in [-0.2, -0.15) is 0 Å². The number of ether oxygens (including phenoxy) is 1. The summed E-state index contributed by atoms with van der Waals surface area (Å²) in [7, 11) is 0. The fourth-order valence-corrected chi connectivity index (χ4v) is 4.08. The molecule has 11 heteroatoms. The van der Waals surface area contributed by atoms with Crippen molar-refractivity contribution in [2.45, 2.75) is 30.5 Å². The summed E-state index contributed by atoms with van der Waals surface area (Å²) in [5, 5.41) is 74.0. The van der Waals surface area contributed by atoms with E-state index in [-0.39, 0.29) is 5.56 Å². The van der Waals surface area contributed by atoms with Crippen molar-refractivity contribution in [2.24, 2.45) is 0 Å². The standard InChI is InChI=1S/C21H18O11/c22-5-11-16(26)18(28)19(29)20(32-11)7-1-2-9(23)14-13(7)15(25)8-3-6(21(30)31)4-10(24)12(8)17(14)27/h1-4,11,16,18-20,22-24,26,28-29H,5H2,(H,30,31)/p-2. The normalized spacial score (nSPS) is 27.1. The Bertz CT molecular complexity index is 1150. The van der Waals surface area contributed by atoms with Crippen LogP contribution in [0.5, 0.6) is 11.5 Å². The second-order valence-corrected chi connectivity index (χ2v) is 7.51. The van der Waals surface area contributed by atoms with Crippen molar-refractivity contribution < 1.29 is 54.9 Å². The van der Waals surface area contributed by atoms with Crippen LogP contribution in [-0.2, 0) is 4.74 Å². The quantitative estimate of drug-likeness (QED) is 0.293. The molecule has 5 N–H and O–H groups in total. The van der Waals surface area contributed by atoms with Crippen LogP contribution in [0.2, 0.25) is 0 Å². The lowest BCUT2D eigenvalue weighted by molar-refractivity contribution is -0.269. The molecule has 2 aromatic rings. The van der Waals surface area contributed by atoms with Crippen molar-refractivity contribution in [1.82, 2.24) is 0 Å². The minimum absolute atomic E-state index is 0.200. The van der Waals surface area contributed by atoms with Crippen LogP contribution in [0.4, 0.5) is 0 Å². The van der Waals surface area contributed by atoms with Crippen molar-refractivity contribution in [3.8, 4) is 11.5 Å². The molecule has 168 valence electrons. The molecule has 11 nitrogen and oxygen atoms in total. The predicted octanol–water partition coefficient (Wildman–Crippen LogP) is -2.18. The summed E-state index contributed by atoms with van der Waals surface area (Å²) in [5.41, 5.74) is -3.07. The molecule has 1 aliphatic heterocycles. The van der Waals surface area contributed by atoms with Crippen molar-refractivity contribution in [2.75, 3.05) is 6.61 Å². The number of benzene rings is 2. The monoisotopic (exact) mass is 444 g/mol. The molecule has 5 unspecified atom stereocenters. The lowest BCUT2D eigenvalue weighted by Gasteiger charge is -2.41. The summed E-state index contributed by atoms with van der Waals surface area (Å²) in [6, 6.07) is 3.52. The molecule has 1 saturated heterocycles. The van der Waals surface area contributed by atoms with Crippen LogP contribution in [0.1, 0.15) is 53.9 Å². The Morgan fingerprint density at radius 3 is 2.22 bits per heavy atom. The Balaban J connectivity index is 1.93. The van der Waals surface area contributed by atoms with Gasteiger partial charge in [-0.05, 0) is 11.6 Å². The summed E-state index contributed by atoms with van der Waals surface area (Å²) < 4.78 is 5.45. The number of carboxylic acids is 1. The first-order valence-electron chi connectivity index (χ1n) is 9.40. The Kier molecular flexibility index (Phi) is 5.23. The van der Waals surface area contributed by atoms with Gasteiger partial charge in [-0.15, -0.1) is 0 Å². The zero-order valence-corrected chi connectivity index (χ0v) is 16.1. The number of ketones is 2. The minimum atomic E-state index is -1.81. The first-order chi connectivity index (χ1) is 15.1.